The average molecular weight is 202 g/mol. The van der Waals surface area contributed by atoms with Crippen LogP contribution in [0.5, 0.6) is 0 Å². The molecule has 5 heteroatoms. The van der Waals surface area contributed by atoms with Crippen LogP contribution >= 0.6 is 0 Å². The topological polar surface area (TPSA) is 63.6 Å². The standard InChI is InChI=1S/C8H10O4S/c1-12-8(13(9,10)11)7-5-3-2-4-6-7/h2-6,8H,1H3,(H,9,10,11). The second-order valence-electron chi connectivity index (χ2n) is 2.49. The molecular weight excluding hydrogens is 192 g/mol. The first-order valence-corrected chi connectivity index (χ1v) is 5.10. The van der Waals surface area contributed by atoms with Crippen molar-refractivity contribution in [1.29, 1.82) is 0 Å². The van der Waals surface area contributed by atoms with Gasteiger partial charge < -0.3 is 4.74 Å². The van der Waals surface area contributed by atoms with Crippen LogP contribution in [0.2, 0.25) is 0 Å². The van der Waals surface area contributed by atoms with Gasteiger partial charge in [-0.05, 0) is 5.56 Å². The van der Waals surface area contributed by atoms with Crippen LogP contribution in [0.1, 0.15) is 11.0 Å². The molecule has 0 bridgehead atoms. The second kappa shape index (κ2) is 3.87. The van der Waals surface area contributed by atoms with Crippen molar-refractivity contribution in [1.82, 2.24) is 0 Å². The summed E-state index contributed by atoms with van der Waals surface area (Å²) >= 11 is 0. The summed E-state index contributed by atoms with van der Waals surface area (Å²) in [5.74, 6) is 0. The molecule has 1 N–H and O–H groups in total. The van der Waals surface area contributed by atoms with Crippen molar-refractivity contribution in [2.24, 2.45) is 0 Å². The minimum atomic E-state index is -4.19. The van der Waals surface area contributed by atoms with Crippen LogP contribution in [-0.2, 0) is 14.9 Å². The quantitative estimate of drug-likeness (QED) is 0.748. The predicted molar refractivity (Wildman–Crippen MR) is 47.7 cm³/mol. The Balaban J connectivity index is 3.06. The van der Waals surface area contributed by atoms with Gasteiger partial charge >= 0.3 is 0 Å². The van der Waals surface area contributed by atoms with Gasteiger partial charge in [0.1, 0.15) is 0 Å². The van der Waals surface area contributed by atoms with Gasteiger partial charge in [-0.1, -0.05) is 30.3 Å². The van der Waals surface area contributed by atoms with E-state index in [1.807, 2.05) is 0 Å². The molecule has 0 saturated heterocycles. The molecule has 1 atom stereocenters. The molecule has 0 amide bonds. The highest BCUT2D eigenvalue weighted by Crippen LogP contribution is 2.21. The van der Waals surface area contributed by atoms with Crippen molar-refractivity contribution in [3.05, 3.63) is 35.9 Å². The molecule has 1 rings (SSSR count). The van der Waals surface area contributed by atoms with E-state index in [2.05, 4.69) is 4.74 Å². The Morgan fingerprint density at radius 1 is 1.31 bits per heavy atom. The number of hydrogen-bond acceptors (Lipinski definition) is 3. The third kappa shape index (κ3) is 2.51. The summed E-state index contributed by atoms with van der Waals surface area (Å²) in [5.41, 5.74) is -0.888. The fourth-order valence-electron chi connectivity index (χ4n) is 1.04. The third-order valence-corrected chi connectivity index (χ3v) is 2.56. The number of benzene rings is 1. The van der Waals surface area contributed by atoms with Crippen molar-refractivity contribution in [2.75, 3.05) is 7.11 Å². The van der Waals surface area contributed by atoms with Crippen LogP contribution in [0.25, 0.3) is 0 Å². The van der Waals surface area contributed by atoms with E-state index in [4.69, 9.17) is 4.55 Å². The van der Waals surface area contributed by atoms with Gasteiger partial charge in [-0.2, -0.15) is 8.42 Å². The lowest BCUT2D eigenvalue weighted by Gasteiger charge is -2.11. The molecule has 0 spiro atoms. The van der Waals surface area contributed by atoms with E-state index < -0.39 is 15.6 Å². The number of methoxy groups -OCH3 is 1. The zero-order valence-corrected chi connectivity index (χ0v) is 7.86. The molecule has 0 fully saturated rings. The van der Waals surface area contributed by atoms with Crippen molar-refractivity contribution < 1.29 is 17.7 Å². The summed E-state index contributed by atoms with van der Waals surface area (Å²) in [6.07, 6.45) is 0. The summed E-state index contributed by atoms with van der Waals surface area (Å²) in [5, 5.41) is 0. The number of ether oxygens (including phenoxy) is 1. The molecule has 72 valence electrons. The molecule has 0 saturated carbocycles. The van der Waals surface area contributed by atoms with E-state index in [1.165, 1.54) is 7.11 Å². The Hall–Kier alpha value is -0.910. The SMILES string of the molecule is COC(c1ccccc1)S(=O)(=O)O. The van der Waals surface area contributed by atoms with Crippen molar-refractivity contribution >= 4 is 10.1 Å². The lowest BCUT2D eigenvalue weighted by Crippen LogP contribution is -2.13. The summed E-state index contributed by atoms with van der Waals surface area (Å²) in [7, 11) is -2.96. The van der Waals surface area contributed by atoms with Crippen LogP contribution in [0, 0.1) is 0 Å². The highest BCUT2D eigenvalue weighted by atomic mass is 32.2. The van der Waals surface area contributed by atoms with E-state index in [1.54, 1.807) is 30.3 Å². The van der Waals surface area contributed by atoms with Gasteiger partial charge in [-0.25, -0.2) is 0 Å². The normalized spacial score (nSPS) is 14.0. The molecule has 4 nitrogen and oxygen atoms in total. The van der Waals surface area contributed by atoms with Gasteiger partial charge in [0.05, 0.1) is 0 Å². The molecule has 1 aromatic rings. The van der Waals surface area contributed by atoms with Crippen LogP contribution < -0.4 is 0 Å². The lowest BCUT2D eigenvalue weighted by molar-refractivity contribution is 0.156. The number of rotatable bonds is 3. The monoisotopic (exact) mass is 202 g/mol. The number of hydrogen-bond donors (Lipinski definition) is 1. The van der Waals surface area contributed by atoms with Crippen molar-refractivity contribution in [2.45, 2.75) is 5.44 Å². The van der Waals surface area contributed by atoms with Gasteiger partial charge in [0.2, 0.25) is 5.44 Å². The van der Waals surface area contributed by atoms with E-state index in [0.29, 0.717) is 5.56 Å². The van der Waals surface area contributed by atoms with Gasteiger partial charge in [-0.15, -0.1) is 0 Å². The maximum atomic E-state index is 10.8. The smallest absolute Gasteiger partial charge is 0.296 e. The van der Waals surface area contributed by atoms with Crippen molar-refractivity contribution in [3.8, 4) is 0 Å². The molecule has 13 heavy (non-hydrogen) atoms. The summed E-state index contributed by atoms with van der Waals surface area (Å²) < 4.78 is 35.0. The predicted octanol–water partition coefficient (Wildman–Crippen LogP) is 1.22. The summed E-state index contributed by atoms with van der Waals surface area (Å²) in [6.45, 7) is 0. The summed E-state index contributed by atoms with van der Waals surface area (Å²) in [6, 6.07) is 8.24. The molecule has 0 aliphatic rings. The van der Waals surface area contributed by atoms with Gasteiger partial charge in [0.25, 0.3) is 10.1 Å². The van der Waals surface area contributed by atoms with Gasteiger partial charge in [0, 0.05) is 7.11 Å². The molecule has 1 unspecified atom stereocenters. The Labute approximate surface area is 76.9 Å². The van der Waals surface area contributed by atoms with Crippen LogP contribution in [0.15, 0.2) is 30.3 Å². The molecule has 0 aliphatic heterocycles. The van der Waals surface area contributed by atoms with Crippen molar-refractivity contribution in [3.63, 3.8) is 0 Å². The highest BCUT2D eigenvalue weighted by Gasteiger charge is 2.23. The maximum Gasteiger partial charge on any atom is 0.296 e. The van der Waals surface area contributed by atoms with E-state index in [9.17, 15) is 8.42 Å². The Bertz CT molecular complexity index is 357. The zero-order valence-electron chi connectivity index (χ0n) is 7.04. The molecule has 0 aromatic heterocycles. The lowest BCUT2D eigenvalue weighted by atomic mass is 10.2. The summed E-state index contributed by atoms with van der Waals surface area (Å²) in [4.78, 5) is 0. The molecule has 1 aromatic carbocycles. The fraction of sp³-hybridized carbons (Fsp3) is 0.250. The zero-order chi connectivity index (χ0) is 9.90. The van der Waals surface area contributed by atoms with Crippen LogP contribution in [0.4, 0.5) is 0 Å². The van der Waals surface area contributed by atoms with Crippen LogP contribution in [-0.4, -0.2) is 20.1 Å². The van der Waals surface area contributed by atoms with Gasteiger partial charge in [-0.3, -0.25) is 4.55 Å². The van der Waals surface area contributed by atoms with Gasteiger partial charge in [0.15, 0.2) is 0 Å². The Kier molecular flexibility index (Phi) is 3.02. The van der Waals surface area contributed by atoms with E-state index in [-0.39, 0.29) is 0 Å². The fourth-order valence-corrected chi connectivity index (χ4v) is 1.78. The molecule has 0 radical (unpaired) electrons. The third-order valence-electron chi connectivity index (χ3n) is 1.56. The first kappa shape index (κ1) is 10.2. The highest BCUT2D eigenvalue weighted by molar-refractivity contribution is 7.85. The van der Waals surface area contributed by atoms with E-state index >= 15 is 0 Å². The first-order valence-electron chi connectivity index (χ1n) is 3.59. The maximum absolute atomic E-state index is 10.8. The molecular formula is C8H10O4S. The van der Waals surface area contributed by atoms with E-state index in [0.717, 1.165) is 0 Å². The first-order chi connectivity index (χ1) is 6.05. The molecule has 0 aliphatic carbocycles. The minimum absolute atomic E-state index is 0.410. The Morgan fingerprint density at radius 3 is 2.23 bits per heavy atom. The largest absolute Gasteiger partial charge is 0.359 e. The Morgan fingerprint density at radius 2 is 1.85 bits per heavy atom. The van der Waals surface area contributed by atoms with Crippen LogP contribution in [0.3, 0.4) is 0 Å². The second-order valence-corrected chi connectivity index (χ2v) is 3.95. The average Bonchev–Trinajstić information content (AvgIpc) is 2.05. The minimum Gasteiger partial charge on any atom is -0.359 e. The molecule has 0 heterocycles.